The topological polar surface area (TPSA) is 57.8 Å². The van der Waals surface area contributed by atoms with Gasteiger partial charge in [-0.3, -0.25) is 9.89 Å². The number of carbonyl (C=O) groups excluding carboxylic acids is 1. The lowest BCUT2D eigenvalue weighted by molar-refractivity contribution is 0.0931. The zero-order valence-corrected chi connectivity index (χ0v) is 15.5. The van der Waals surface area contributed by atoms with Crippen molar-refractivity contribution in [2.45, 2.75) is 25.8 Å². The lowest BCUT2D eigenvalue weighted by Gasteiger charge is -2.21. The van der Waals surface area contributed by atoms with E-state index in [1.54, 1.807) is 0 Å². The molecule has 4 rings (SSSR count). The van der Waals surface area contributed by atoms with Crippen molar-refractivity contribution in [3.63, 3.8) is 0 Å². The first-order valence-electron chi connectivity index (χ1n) is 8.13. The molecule has 5 heteroatoms. The molecule has 0 spiro atoms. The summed E-state index contributed by atoms with van der Waals surface area (Å²) in [6.45, 7) is 2.11. The van der Waals surface area contributed by atoms with Crippen molar-refractivity contribution in [3.05, 3.63) is 62.9 Å². The highest BCUT2D eigenvalue weighted by Crippen LogP contribution is 2.42. The number of benzene rings is 2. The van der Waals surface area contributed by atoms with Crippen LogP contribution < -0.4 is 5.32 Å². The Morgan fingerprint density at radius 3 is 2.83 bits per heavy atom. The molecule has 1 saturated carbocycles. The number of halogens is 1. The third-order valence-corrected chi connectivity index (χ3v) is 5.50. The molecule has 0 aliphatic heterocycles. The third-order valence-electron chi connectivity index (χ3n) is 4.68. The number of fused-ring (bicyclic) bond motifs is 1. The Morgan fingerprint density at radius 2 is 2.08 bits per heavy atom. The van der Waals surface area contributed by atoms with Crippen LogP contribution >= 0.6 is 22.6 Å². The second-order valence-corrected chi connectivity index (χ2v) is 7.44. The number of hydrogen-bond acceptors (Lipinski definition) is 2. The van der Waals surface area contributed by atoms with Gasteiger partial charge in [0.25, 0.3) is 5.91 Å². The van der Waals surface area contributed by atoms with Crippen LogP contribution in [0.1, 0.15) is 40.4 Å². The lowest BCUT2D eigenvalue weighted by Crippen LogP contribution is -2.30. The molecule has 0 saturated heterocycles. The number of rotatable bonds is 4. The van der Waals surface area contributed by atoms with Gasteiger partial charge in [-0.2, -0.15) is 5.10 Å². The molecule has 0 radical (unpaired) electrons. The second kappa shape index (κ2) is 6.20. The van der Waals surface area contributed by atoms with Crippen molar-refractivity contribution in [2.24, 2.45) is 5.92 Å². The zero-order chi connectivity index (χ0) is 16.7. The standard InChI is InChI=1S/C19H18IN3O/c1-11-4-2-3-5-14(11)17(12-6-7-12)21-19(24)13-8-9-16-15(10-13)18(20)23-22-16/h2-5,8-10,12,17H,6-7H2,1H3,(H,21,24)(H,22,23). The van der Waals surface area contributed by atoms with E-state index in [0.29, 0.717) is 11.5 Å². The molecule has 4 nitrogen and oxygen atoms in total. The molecule has 1 aliphatic rings. The minimum Gasteiger partial charge on any atom is -0.345 e. The smallest absolute Gasteiger partial charge is 0.251 e. The molecule has 1 unspecified atom stereocenters. The summed E-state index contributed by atoms with van der Waals surface area (Å²) in [5.74, 6) is 0.530. The number of aryl methyl sites for hydroxylation is 1. The van der Waals surface area contributed by atoms with E-state index in [0.717, 1.165) is 14.6 Å². The highest BCUT2D eigenvalue weighted by Gasteiger charge is 2.34. The number of nitrogens with one attached hydrogen (secondary N) is 2. The Labute approximate surface area is 154 Å². The predicted octanol–water partition coefficient (Wildman–Crippen LogP) is 4.36. The minimum absolute atomic E-state index is 0.0194. The van der Waals surface area contributed by atoms with Crippen LogP contribution in [-0.4, -0.2) is 16.1 Å². The highest BCUT2D eigenvalue weighted by atomic mass is 127. The van der Waals surface area contributed by atoms with Crippen LogP contribution in [0.15, 0.2) is 42.5 Å². The molecule has 2 aromatic carbocycles. The van der Waals surface area contributed by atoms with Gasteiger partial charge in [0, 0.05) is 10.9 Å². The van der Waals surface area contributed by atoms with E-state index in [-0.39, 0.29) is 11.9 Å². The average molecular weight is 431 g/mol. The Balaban J connectivity index is 1.63. The zero-order valence-electron chi connectivity index (χ0n) is 13.3. The van der Waals surface area contributed by atoms with Gasteiger partial charge in [-0.1, -0.05) is 24.3 Å². The van der Waals surface area contributed by atoms with Crippen molar-refractivity contribution in [1.82, 2.24) is 15.5 Å². The summed E-state index contributed by atoms with van der Waals surface area (Å²) in [5, 5.41) is 11.4. The quantitative estimate of drug-likeness (QED) is 0.604. The van der Waals surface area contributed by atoms with Crippen LogP contribution in [0, 0.1) is 16.5 Å². The van der Waals surface area contributed by atoms with Crippen LogP contribution in [0.4, 0.5) is 0 Å². The number of nitrogens with zero attached hydrogens (tertiary/aromatic N) is 1. The number of amides is 1. The fourth-order valence-corrected chi connectivity index (χ4v) is 3.73. The van der Waals surface area contributed by atoms with Gasteiger partial charge in [0.05, 0.1) is 11.6 Å². The second-order valence-electron chi connectivity index (χ2n) is 6.42. The molecule has 3 aromatic rings. The van der Waals surface area contributed by atoms with E-state index >= 15 is 0 Å². The molecule has 1 heterocycles. The summed E-state index contributed by atoms with van der Waals surface area (Å²) < 4.78 is 0.884. The monoisotopic (exact) mass is 431 g/mol. The van der Waals surface area contributed by atoms with E-state index in [1.165, 1.54) is 24.0 Å². The fourth-order valence-electron chi connectivity index (χ4n) is 3.16. The summed E-state index contributed by atoms with van der Waals surface area (Å²) in [7, 11) is 0. The van der Waals surface area contributed by atoms with Crippen molar-refractivity contribution < 1.29 is 4.79 Å². The van der Waals surface area contributed by atoms with Crippen molar-refractivity contribution in [2.75, 3.05) is 0 Å². The van der Waals surface area contributed by atoms with Crippen molar-refractivity contribution in [3.8, 4) is 0 Å². The molecule has 0 bridgehead atoms. The molecule has 1 aromatic heterocycles. The van der Waals surface area contributed by atoms with Crippen LogP contribution in [0.2, 0.25) is 0 Å². The van der Waals surface area contributed by atoms with Crippen LogP contribution in [0.3, 0.4) is 0 Å². The van der Waals surface area contributed by atoms with E-state index in [9.17, 15) is 4.79 Å². The first kappa shape index (κ1) is 15.6. The SMILES string of the molecule is Cc1ccccc1C(NC(=O)c1ccc2[nH]nc(I)c2c1)C1CC1. The number of aromatic nitrogens is 2. The maximum absolute atomic E-state index is 12.8. The van der Waals surface area contributed by atoms with Gasteiger partial charge in [-0.05, 0) is 77.6 Å². The molecule has 1 aliphatic carbocycles. The first-order valence-corrected chi connectivity index (χ1v) is 9.21. The van der Waals surface area contributed by atoms with Crippen LogP contribution in [0.25, 0.3) is 10.9 Å². The Kier molecular flexibility index (Phi) is 4.04. The average Bonchev–Trinajstić information content (AvgIpc) is 3.37. The number of H-pyrrole nitrogens is 1. The summed E-state index contributed by atoms with van der Waals surface area (Å²) >= 11 is 2.18. The van der Waals surface area contributed by atoms with Crippen molar-refractivity contribution >= 4 is 39.4 Å². The molecule has 1 atom stereocenters. The normalized spacial score (nSPS) is 15.4. The van der Waals surface area contributed by atoms with Gasteiger partial charge < -0.3 is 5.32 Å². The number of aromatic amines is 1. The molecular weight excluding hydrogens is 413 g/mol. The maximum Gasteiger partial charge on any atom is 0.251 e. The summed E-state index contributed by atoms with van der Waals surface area (Å²) in [6.07, 6.45) is 2.36. The third kappa shape index (κ3) is 2.92. The van der Waals surface area contributed by atoms with Gasteiger partial charge >= 0.3 is 0 Å². The van der Waals surface area contributed by atoms with Gasteiger partial charge in [0.15, 0.2) is 0 Å². The van der Waals surface area contributed by atoms with Crippen molar-refractivity contribution in [1.29, 1.82) is 0 Å². The van der Waals surface area contributed by atoms with E-state index < -0.39 is 0 Å². The van der Waals surface area contributed by atoms with Gasteiger partial charge in [0.1, 0.15) is 3.70 Å². The van der Waals surface area contributed by atoms with E-state index in [1.807, 2.05) is 30.3 Å². The number of hydrogen-bond donors (Lipinski definition) is 2. The predicted molar refractivity (Wildman–Crippen MR) is 103 cm³/mol. The summed E-state index contributed by atoms with van der Waals surface area (Å²) in [6, 6.07) is 14.1. The fraction of sp³-hybridized carbons (Fsp3) is 0.263. The molecule has 24 heavy (non-hydrogen) atoms. The summed E-state index contributed by atoms with van der Waals surface area (Å²) in [5.41, 5.74) is 4.09. The van der Waals surface area contributed by atoms with Crippen LogP contribution in [-0.2, 0) is 0 Å². The Hall–Kier alpha value is -1.89. The van der Waals surface area contributed by atoms with E-state index in [4.69, 9.17) is 0 Å². The van der Waals surface area contributed by atoms with Gasteiger partial charge in [-0.25, -0.2) is 0 Å². The van der Waals surface area contributed by atoms with Gasteiger partial charge in [0.2, 0.25) is 0 Å². The maximum atomic E-state index is 12.8. The lowest BCUT2D eigenvalue weighted by atomic mass is 9.97. The summed E-state index contributed by atoms with van der Waals surface area (Å²) in [4.78, 5) is 12.8. The number of carbonyl (C=O) groups is 1. The molecule has 1 fully saturated rings. The minimum atomic E-state index is -0.0194. The molecule has 1 amide bonds. The highest BCUT2D eigenvalue weighted by molar-refractivity contribution is 14.1. The Morgan fingerprint density at radius 1 is 1.29 bits per heavy atom. The molecule has 2 N–H and O–H groups in total. The van der Waals surface area contributed by atoms with Gasteiger partial charge in [-0.15, -0.1) is 0 Å². The Bertz CT molecular complexity index is 914. The molecule has 122 valence electrons. The largest absolute Gasteiger partial charge is 0.345 e. The first-order chi connectivity index (χ1) is 11.6. The van der Waals surface area contributed by atoms with E-state index in [2.05, 4.69) is 57.2 Å². The van der Waals surface area contributed by atoms with Crippen LogP contribution in [0.5, 0.6) is 0 Å². The molecular formula is C19H18IN3O.